The van der Waals surface area contributed by atoms with Gasteiger partial charge in [0.2, 0.25) is 0 Å². The van der Waals surface area contributed by atoms with Gasteiger partial charge < -0.3 is 10.2 Å². The van der Waals surface area contributed by atoms with Crippen LogP contribution in [0.15, 0.2) is 29.2 Å². The minimum Gasteiger partial charge on any atom is -0.464 e. The van der Waals surface area contributed by atoms with E-state index in [2.05, 4.69) is 10.1 Å². The molecule has 2 rings (SSSR count). The molecule has 2 aromatic heterocycles. The molecular formula is C10H14N4O. The van der Waals surface area contributed by atoms with Gasteiger partial charge in [-0.05, 0) is 26.0 Å². The van der Waals surface area contributed by atoms with Crippen LogP contribution in [0.1, 0.15) is 24.5 Å². The van der Waals surface area contributed by atoms with E-state index in [-0.39, 0.29) is 12.1 Å². The van der Waals surface area contributed by atoms with Gasteiger partial charge in [0.1, 0.15) is 30.2 Å². The van der Waals surface area contributed by atoms with Gasteiger partial charge in [0.15, 0.2) is 0 Å². The van der Waals surface area contributed by atoms with Gasteiger partial charge in [0.05, 0.1) is 0 Å². The monoisotopic (exact) mass is 206 g/mol. The van der Waals surface area contributed by atoms with Crippen molar-refractivity contribution in [1.82, 2.24) is 14.8 Å². The molecule has 2 atom stereocenters. The summed E-state index contributed by atoms with van der Waals surface area (Å²) < 4.78 is 7.27. The van der Waals surface area contributed by atoms with Crippen molar-refractivity contribution < 1.29 is 4.42 Å². The molecule has 0 aromatic carbocycles. The zero-order chi connectivity index (χ0) is 10.8. The smallest absolute Gasteiger partial charge is 0.137 e. The Morgan fingerprint density at radius 1 is 1.47 bits per heavy atom. The van der Waals surface area contributed by atoms with E-state index in [0.29, 0.717) is 0 Å². The summed E-state index contributed by atoms with van der Waals surface area (Å²) in [6, 6.07) is 3.66. The van der Waals surface area contributed by atoms with Crippen molar-refractivity contribution in [3.8, 4) is 0 Å². The third-order valence-corrected chi connectivity index (χ3v) is 2.27. The molecule has 0 bridgehead atoms. The second-order valence-electron chi connectivity index (χ2n) is 3.63. The van der Waals surface area contributed by atoms with Crippen LogP contribution >= 0.6 is 0 Å². The van der Waals surface area contributed by atoms with Gasteiger partial charge in [-0.1, -0.05) is 0 Å². The number of nitrogens with two attached hydrogens (primary N) is 1. The molecule has 2 heterocycles. The van der Waals surface area contributed by atoms with Gasteiger partial charge in [-0.3, -0.25) is 0 Å². The SMILES string of the molecule is Cc1ccc(C(C(C)N)n2cncn2)o1. The first-order valence-corrected chi connectivity index (χ1v) is 4.84. The molecule has 0 saturated carbocycles. The molecule has 2 aromatic rings. The molecule has 2 N–H and O–H groups in total. The molecule has 80 valence electrons. The molecule has 0 saturated heterocycles. The van der Waals surface area contributed by atoms with Crippen molar-refractivity contribution in [2.45, 2.75) is 25.9 Å². The van der Waals surface area contributed by atoms with Crippen molar-refractivity contribution in [3.05, 3.63) is 36.3 Å². The highest BCUT2D eigenvalue weighted by molar-refractivity contribution is 5.12. The lowest BCUT2D eigenvalue weighted by atomic mass is 10.1. The van der Waals surface area contributed by atoms with Crippen LogP contribution in [0.4, 0.5) is 0 Å². The normalized spacial score (nSPS) is 15.1. The van der Waals surface area contributed by atoms with Gasteiger partial charge in [-0.25, -0.2) is 9.67 Å². The van der Waals surface area contributed by atoms with E-state index in [0.717, 1.165) is 11.5 Å². The van der Waals surface area contributed by atoms with Crippen LogP contribution in [0.25, 0.3) is 0 Å². The summed E-state index contributed by atoms with van der Waals surface area (Å²) in [6.07, 6.45) is 3.14. The summed E-state index contributed by atoms with van der Waals surface area (Å²) in [4.78, 5) is 3.91. The maximum Gasteiger partial charge on any atom is 0.137 e. The number of aromatic nitrogens is 3. The zero-order valence-corrected chi connectivity index (χ0v) is 8.79. The Kier molecular flexibility index (Phi) is 2.55. The minimum atomic E-state index is -0.0961. The molecular weight excluding hydrogens is 192 g/mol. The molecule has 15 heavy (non-hydrogen) atoms. The quantitative estimate of drug-likeness (QED) is 0.816. The van der Waals surface area contributed by atoms with Gasteiger partial charge in [-0.15, -0.1) is 0 Å². The second-order valence-corrected chi connectivity index (χ2v) is 3.63. The third-order valence-electron chi connectivity index (χ3n) is 2.27. The molecule has 0 aliphatic rings. The molecule has 5 nitrogen and oxygen atoms in total. The highest BCUT2D eigenvalue weighted by atomic mass is 16.3. The van der Waals surface area contributed by atoms with E-state index in [9.17, 15) is 0 Å². The number of furan rings is 1. The largest absolute Gasteiger partial charge is 0.464 e. The lowest BCUT2D eigenvalue weighted by molar-refractivity contribution is 0.360. The summed E-state index contributed by atoms with van der Waals surface area (Å²) in [5.41, 5.74) is 5.92. The predicted octanol–water partition coefficient (Wildman–Crippen LogP) is 1.12. The molecule has 0 aliphatic carbocycles. The van der Waals surface area contributed by atoms with Crippen molar-refractivity contribution in [3.63, 3.8) is 0 Å². The number of hydrogen-bond donors (Lipinski definition) is 1. The standard InChI is InChI=1S/C10H14N4O/c1-7-3-4-9(15-7)10(8(2)11)14-6-12-5-13-14/h3-6,8,10H,11H2,1-2H3. The Morgan fingerprint density at radius 2 is 2.27 bits per heavy atom. The van der Waals surface area contributed by atoms with Crippen molar-refractivity contribution in [1.29, 1.82) is 0 Å². The van der Waals surface area contributed by atoms with Crippen LogP contribution in [-0.2, 0) is 0 Å². The first-order chi connectivity index (χ1) is 7.18. The van der Waals surface area contributed by atoms with Crippen LogP contribution < -0.4 is 5.73 Å². The summed E-state index contributed by atoms with van der Waals surface area (Å²) in [5.74, 6) is 1.68. The van der Waals surface area contributed by atoms with E-state index < -0.39 is 0 Å². The number of aryl methyl sites for hydroxylation is 1. The third kappa shape index (κ3) is 1.92. The Hall–Kier alpha value is -1.62. The fraction of sp³-hybridized carbons (Fsp3) is 0.400. The number of rotatable bonds is 3. The average molecular weight is 206 g/mol. The molecule has 5 heteroatoms. The lowest BCUT2D eigenvalue weighted by Gasteiger charge is -2.18. The molecule has 0 amide bonds. The number of nitrogens with zero attached hydrogens (tertiary/aromatic N) is 3. The Bertz CT molecular complexity index is 418. The lowest BCUT2D eigenvalue weighted by Crippen LogP contribution is -2.30. The topological polar surface area (TPSA) is 69.9 Å². The highest BCUT2D eigenvalue weighted by Crippen LogP contribution is 2.21. The maximum atomic E-state index is 5.92. The number of hydrogen-bond acceptors (Lipinski definition) is 4. The predicted molar refractivity (Wildman–Crippen MR) is 55.3 cm³/mol. The minimum absolute atomic E-state index is 0.0859. The Morgan fingerprint density at radius 3 is 2.73 bits per heavy atom. The van der Waals surface area contributed by atoms with Crippen LogP contribution in [0.2, 0.25) is 0 Å². The molecule has 0 fully saturated rings. The van der Waals surface area contributed by atoms with Crippen molar-refractivity contribution in [2.75, 3.05) is 0 Å². The van der Waals surface area contributed by atoms with Gasteiger partial charge in [0.25, 0.3) is 0 Å². The Balaban J connectivity index is 2.36. The van der Waals surface area contributed by atoms with E-state index in [1.54, 1.807) is 11.0 Å². The van der Waals surface area contributed by atoms with E-state index in [1.807, 2.05) is 26.0 Å². The molecule has 0 radical (unpaired) electrons. The zero-order valence-electron chi connectivity index (χ0n) is 8.79. The highest BCUT2D eigenvalue weighted by Gasteiger charge is 2.21. The Labute approximate surface area is 87.9 Å². The van der Waals surface area contributed by atoms with Crippen LogP contribution in [-0.4, -0.2) is 20.8 Å². The van der Waals surface area contributed by atoms with Crippen LogP contribution in [0.5, 0.6) is 0 Å². The van der Waals surface area contributed by atoms with E-state index >= 15 is 0 Å². The van der Waals surface area contributed by atoms with Crippen LogP contribution in [0, 0.1) is 6.92 Å². The second kappa shape index (κ2) is 3.86. The van der Waals surface area contributed by atoms with Crippen molar-refractivity contribution in [2.24, 2.45) is 5.73 Å². The summed E-state index contributed by atoms with van der Waals surface area (Å²) >= 11 is 0. The fourth-order valence-electron chi connectivity index (χ4n) is 1.60. The molecule has 0 aliphatic heterocycles. The maximum absolute atomic E-state index is 5.92. The van der Waals surface area contributed by atoms with Gasteiger partial charge in [-0.2, -0.15) is 5.10 Å². The molecule has 2 unspecified atom stereocenters. The molecule has 0 spiro atoms. The van der Waals surface area contributed by atoms with Crippen molar-refractivity contribution >= 4 is 0 Å². The fourth-order valence-corrected chi connectivity index (χ4v) is 1.60. The van der Waals surface area contributed by atoms with Crippen LogP contribution in [0.3, 0.4) is 0 Å². The summed E-state index contributed by atoms with van der Waals surface area (Å²) in [7, 11) is 0. The van der Waals surface area contributed by atoms with E-state index in [4.69, 9.17) is 10.2 Å². The van der Waals surface area contributed by atoms with E-state index in [1.165, 1.54) is 6.33 Å². The van der Waals surface area contributed by atoms with Gasteiger partial charge >= 0.3 is 0 Å². The van der Waals surface area contributed by atoms with Gasteiger partial charge in [0, 0.05) is 6.04 Å². The average Bonchev–Trinajstić information content (AvgIpc) is 2.77. The summed E-state index contributed by atoms with van der Waals surface area (Å²) in [5, 5.41) is 4.09. The summed E-state index contributed by atoms with van der Waals surface area (Å²) in [6.45, 7) is 3.83. The first kappa shape index (κ1) is 9.92. The first-order valence-electron chi connectivity index (χ1n) is 4.84.